The first kappa shape index (κ1) is 13.8. The topological polar surface area (TPSA) is 82.3 Å². The Hall–Kier alpha value is -1.24. The number of aromatic nitrogens is 2. The molecule has 3 N–H and O–H groups in total. The summed E-state index contributed by atoms with van der Waals surface area (Å²) in [5, 5.41) is 0. The molecular formula is C11H20N4O2. The maximum absolute atomic E-state index is 5.37. The summed E-state index contributed by atoms with van der Waals surface area (Å²) in [7, 11) is 1.65. The minimum Gasteiger partial charge on any atom is -0.382 e. The van der Waals surface area contributed by atoms with Gasteiger partial charge in [0.25, 0.3) is 0 Å². The lowest BCUT2D eigenvalue weighted by molar-refractivity contribution is 0.0716. The molecule has 1 aromatic rings. The van der Waals surface area contributed by atoms with Crippen molar-refractivity contribution in [2.45, 2.75) is 19.8 Å². The van der Waals surface area contributed by atoms with Crippen molar-refractivity contribution in [1.82, 2.24) is 9.97 Å². The van der Waals surface area contributed by atoms with Crippen LogP contribution in [-0.2, 0) is 22.3 Å². The SMILES string of the molecule is CCc1cc(NN)nc(CCOCCOC)n1. The van der Waals surface area contributed by atoms with Crippen LogP contribution in [0.3, 0.4) is 0 Å². The highest BCUT2D eigenvalue weighted by Crippen LogP contribution is 2.06. The summed E-state index contributed by atoms with van der Waals surface area (Å²) in [5.74, 6) is 6.74. The minimum absolute atomic E-state index is 0.584. The Morgan fingerprint density at radius 2 is 2.12 bits per heavy atom. The second-order valence-electron chi connectivity index (χ2n) is 3.51. The molecule has 0 unspecified atom stereocenters. The third-order valence-corrected chi connectivity index (χ3v) is 2.24. The van der Waals surface area contributed by atoms with Gasteiger partial charge in [0.15, 0.2) is 0 Å². The van der Waals surface area contributed by atoms with Crippen molar-refractivity contribution >= 4 is 5.82 Å². The molecule has 1 heterocycles. The summed E-state index contributed by atoms with van der Waals surface area (Å²) in [6, 6.07) is 1.84. The molecule has 6 nitrogen and oxygen atoms in total. The molecule has 6 heteroatoms. The van der Waals surface area contributed by atoms with Crippen molar-refractivity contribution in [2.75, 3.05) is 32.4 Å². The largest absolute Gasteiger partial charge is 0.382 e. The highest BCUT2D eigenvalue weighted by atomic mass is 16.5. The molecule has 0 fully saturated rings. The number of ether oxygens (including phenoxy) is 2. The maximum atomic E-state index is 5.37. The lowest BCUT2D eigenvalue weighted by Crippen LogP contribution is -2.13. The van der Waals surface area contributed by atoms with Gasteiger partial charge in [-0.25, -0.2) is 15.8 Å². The fourth-order valence-electron chi connectivity index (χ4n) is 1.33. The normalized spacial score (nSPS) is 10.5. The first-order valence-electron chi connectivity index (χ1n) is 5.70. The van der Waals surface area contributed by atoms with Crippen molar-refractivity contribution < 1.29 is 9.47 Å². The highest BCUT2D eigenvalue weighted by Gasteiger charge is 2.03. The number of anilines is 1. The first-order valence-corrected chi connectivity index (χ1v) is 5.70. The van der Waals surface area contributed by atoms with Crippen molar-refractivity contribution in [3.8, 4) is 0 Å². The maximum Gasteiger partial charge on any atom is 0.143 e. The molecule has 0 radical (unpaired) electrons. The number of nitrogens with zero attached hydrogens (tertiary/aromatic N) is 2. The number of rotatable bonds is 8. The van der Waals surface area contributed by atoms with E-state index in [-0.39, 0.29) is 0 Å². The van der Waals surface area contributed by atoms with Crippen LogP contribution in [0.2, 0.25) is 0 Å². The summed E-state index contributed by atoms with van der Waals surface area (Å²) < 4.78 is 10.3. The molecule has 0 amide bonds. The number of hydrogen-bond donors (Lipinski definition) is 2. The van der Waals surface area contributed by atoms with E-state index in [1.165, 1.54) is 0 Å². The Labute approximate surface area is 102 Å². The smallest absolute Gasteiger partial charge is 0.143 e. The molecule has 0 aromatic carbocycles. The first-order chi connectivity index (χ1) is 8.30. The molecule has 0 saturated heterocycles. The monoisotopic (exact) mass is 240 g/mol. The molecule has 0 aliphatic carbocycles. The van der Waals surface area contributed by atoms with Gasteiger partial charge in [0.2, 0.25) is 0 Å². The Morgan fingerprint density at radius 1 is 1.29 bits per heavy atom. The van der Waals surface area contributed by atoms with E-state index in [0.717, 1.165) is 17.9 Å². The standard InChI is InChI=1S/C11H20N4O2/c1-3-9-8-11(15-12)14-10(13-9)4-5-17-7-6-16-2/h8H,3-7,12H2,1-2H3,(H,13,14,15). The van der Waals surface area contributed by atoms with Crippen LogP contribution in [-0.4, -0.2) is 36.9 Å². The zero-order chi connectivity index (χ0) is 12.5. The van der Waals surface area contributed by atoms with Gasteiger partial charge in [-0.05, 0) is 6.42 Å². The molecule has 0 saturated carbocycles. The van der Waals surface area contributed by atoms with Gasteiger partial charge < -0.3 is 14.9 Å². The van der Waals surface area contributed by atoms with Crippen molar-refractivity contribution in [2.24, 2.45) is 5.84 Å². The van der Waals surface area contributed by atoms with Crippen LogP contribution in [0.4, 0.5) is 5.82 Å². The van der Waals surface area contributed by atoms with Gasteiger partial charge in [-0.3, -0.25) is 0 Å². The molecular weight excluding hydrogens is 220 g/mol. The second-order valence-corrected chi connectivity index (χ2v) is 3.51. The number of methoxy groups -OCH3 is 1. The fraction of sp³-hybridized carbons (Fsp3) is 0.636. The second kappa shape index (κ2) is 7.94. The Bertz CT molecular complexity index is 311. The molecule has 17 heavy (non-hydrogen) atoms. The van der Waals surface area contributed by atoms with E-state index < -0.39 is 0 Å². The van der Waals surface area contributed by atoms with Gasteiger partial charge in [-0.2, -0.15) is 0 Å². The van der Waals surface area contributed by atoms with Crippen LogP contribution < -0.4 is 11.3 Å². The number of nitrogens with one attached hydrogen (secondary N) is 1. The molecule has 0 aliphatic heterocycles. The lowest BCUT2D eigenvalue weighted by atomic mass is 10.3. The quantitative estimate of drug-likeness (QED) is 0.392. The molecule has 0 spiro atoms. The number of nitrogen functional groups attached to an aromatic ring is 1. The van der Waals surface area contributed by atoms with Gasteiger partial charge in [-0.15, -0.1) is 0 Å². The number of hydrogen-bond acceptors (Lipinski definition) is 6. The molecule has 96 valence electrons. The number of aryl methyl sites for hydroxylation is 1. The van der Waals surface area contributed by atoms with Gasteiger partial charge in [0.1, 0.15) is 11.6 Å². The number of nitrogens with two attached hydrogens (primary N) is 1. The predicted molar refractivity (Wildman–Crippen MR) is 65.6 cm³/mol. The van der Waals surface area contributed by atoms with E-state index in [0.29, 0.717) is 32.1 Å². The molecule has 1 aromatic heterocycles. The van der Waals surface area contributed by atoms with Crippen LogP contribution in [0.15, 0.2) is 6.07 Å². The van der Waals surface area contributed by atoms with Crippen molar-refractivity contribution in [3.05, 3.63) is 17.6 Å². The van der Waals surface area contributed by atoms with Gasteiger partial charge in [0.05, 0.1) is 19.8 Å². The highest BCUT2D eigenvalue weighted by molar-refractivity contribution is 5.34. The third-order valence-electron chi connectivity index (χ3n) is 2.24. The summed E-state index contributed by atoms with van der Waals surface area (Å²) in [6.45, 7) is 3.82. The van der Waals surface area contributed by atoms with Crippen molar-refractivity contribution in [1.29, 1.82) is 0 Å². The number of hydrazine groups is 1. The van der Waals surface area contributed by atoms with Crippen LogP contribution in [0.5, 0.6) is 0 Å². The third kappa shape index (κ3) is 5.08. The van der Waals surface area contributed by atoms with Gasteiger partial charge in [0, 0.05) is 25.3 Å². The summed E-state index contributed by atoms with van der Waals surface area (Å²) in [6.07, 6.45) is 1.53. The van der Waals surface area contributed by atoms with E-state index in [9.17, 15) is 0 Å². The van der Waals surface area contributed by atoms with Gasteiger partial charge in [-0.1, -0.05) is 6.92 Å². The zero-order valence-corrected chi connectivity index (χ0v) is 10.4. The van der Waals surface area contributed by atoms with E-state index in [1.54, 1.807) is 7.11 Å². The van der Waals surface area contributed by atoms with Gasteiger partial charge >= 0.3 is 0 Å². The zero-order valence-electron chi connectivity index (χ0n) is 10.4. The summed E-state index contributed by atoms with van der Waals surface area (Å²) in [4.78, 5) is 8.66. The molecule has 0 aliphatic rings. The van der Waals surface area contributed by atoms with E-state index in [2.05, 4.69) is 15.4 Å². The molecule has 0 bridgehead atoms. The minimum atomic E-state index is 0.584. The van der Waals surface area contributed by atoms with Crippen LogP contribution in [0.1, 0.15) is 18.4 Å². The predicted octanol–water partition coefficient (Wildman–Crippen LogP) is 0.530. The summed E-state index contributed by atoms with van der Waals surface area (Å²) in [5.41, 5.74) is 3.51. The van der Waals surface area contributed by atoms with Crippen LogP contribution in [0, 0.1) is 0 Å². The van der Waals surface area contributed by atoms with Crippen LogP contribution >= 0.6 is 0 Å². The Balaban J connectivity index is 2.46. The average Bonchev–Trinajstić information content (AvgIpc) is 2.38. The molecule has 1 rings (SSSR count). The van der Waals surface area contributed by atoms with E-state index in [4.69, 9.17) is 15.3 Å². The lowest BCUT2D eigenvalue weighted by Gasteiger charge is -2.07. The average molecular weight is 240 g/mol. The molecule has 0 atom stereocenters. The Morgan fingerprint density at radius 3 is 2.76 bits per heavy atom. The van der Waals surface area contributed by atoms with E-state index >= 15 is 0 Å². The van der Waals surface area contributed by atoms with Crippen LogP contribution in [0.25, 0.3) is 0 Å². The summed E-state index contributed by atoms with van der Waals surface area (Å²) >= 11 is 0. The van der Waals surface area contributed by atoms with E-state index in [1.807, 2.05) is 13.0 Å². The Kier molecular flexibility index (Phi) is 6.46. The van der Waals surface area contributed by atoms with Crippen molar-refractivity contribution in [3.63, 3.8) is 0 Å². The fourth-order valence-corrected chi connectivity index (χ4v) is 1.33.